The fourth-order valence-corrected chi connectivity index (χ4v) is 2.99. The Hall–Kier alpha value is -1.85. The standard InChI is InChI=1S/C15H15NO3S/c1-2-6-16-12-4-3-10(8-13(12)19-15(16)18)14(17)11-5-7-20-9-11/h3-5,7-9,14,17H,2,6H2,1H3. The van der Waals surface area contributed by atoms with Gasteiger partial charge in [0.1, 0.15) is 6.10 Å². The number of nitrogens with zero attached hydrogens (tertiary/aromatic N) is 1. The van der Waals surface area contributed by atoms with Crippen LogP contribution in [0.25, 0.3) is 11.1 Å². The predicted octanol–water partition coefficient (Wildman–Crippen LogP) is 3.15. The van der Waals surface area contributed by atoms with E-state index in [9.17, 15) is 9.90 Å². The van der Waals surface area contributed by atoms with Crippen molar-refractivity contribution in [3.8, 4) is 0 Å². The average Bonchev–Trinajstić information content (AvgIpc) is 3.07. The van der Waals surface area contributed by atoms with Gasteiger partial charge >= 0.3 is 5.76 Å². The van der Waals surface area contributed by atoms with Crippen LogP contribution in [0.5, 0.6) is 0 Å². The molecule has 0 radical (unpaired) electrons. The van der Waals surface area contributed by atoms with Gasteiger partial charge in [0.25, 0.3) is 0 Å². The van der Waals surface area contributed by atoms with Gasteiger partial charge in [0.15, 0.2) is 5.58 Å². The lowest BCUT2D eigenvalue weighted by Gasteiger charge is -2.09. The first-order valence-corrected chi connectivity index (χ1v) is 7.48. The van der Waals surface area contributed by atoms with Gasteiger partial charge in [-0.2, -0.15) is 11.3 Å². The van der Waals surface area contributed by atoms with E-state index in [2.05, 4.69) is 0 Å². The highest BCUT2D eigenvalue weighted by Crippen LogP contribution is 2.26. The van der Waals surface area contributed by atoms with Gasteiger partial charge in [-0.1, -0.05) is 13.0 Å². The second-order valence-electron chi connectivity index (χ2n) is 4.71. The fourth-order valence-electron chi connectivity index (χ4n) is 2.31. The smallest absolute Gasteiger partial charge is 0.408 e. The average molecular weight is 289 g/mol. The summed E-state index contributed by atoms with van der Waals surface area (Å²) in [6.07, 6.45) is 0.179. The molecule has 4 nitrogen and oxygen atoms in total. The van der Waals surface area contributed by atoms with Crippen molar-refractivity contribution in [2.24, 2.45) is 0 Å². The zero-order valence-corrected chi connectivity index (χ0v) is 11.9. The Kier molecular flexibility index (Phi) is 3.46. The zero-order valence-electron chi connectivity index (χ0n) is 11.1. The molecule has 0 fully saturated rings. The number of oxazole rings is 1. The van der Waals surface area contributed by atoms with Gasteiger partial charge in [-0.3, -0.25) is 4.57 Å². The fraction of sp³-hybridized carbons (Fsp3) is 0.267. The third-order valence-electron chi connectivity index (χ3n) is 3.31. The number of benzene rings is 1. The van der Waals surface area contributed by atoms with Gasteiger partial charge < -0.3 is 9.52 Å². The minimum absolute atomic E-state index is 0.343. The maximum atomic E-state index is 11.8. The topological polar surface area (TPSA) is 55.4 Å². The van der Waals surface area contributed by atoms with Crippen LogP contribution < -0.4 is 5.76 Å². The summed E-state index contributed by atoms with van der Waals surface area (Å²) in [5.74, 6) is -0.343. The highest BCUT2D eigenvalue weighted by Gasteiger charge is 2.14. The molecular formula is C15H15NO3S. The Bertz CT molecular complexity index is 770. The van der Waals surface area contributed by atoms with Gasteiger partial charge in [0.05, 0.1) is 5.52 Å². The van der Waals surface area contributed by atoms with E-state index in [-0.39, 0.29) is 5.76 Å². The van der Waals surface area contributed by atoms with Crippen LogP contribution in [0.15, 0.2) is 44.2 Å². The molecule has 1 aromatic carbocycles. The lowest BCUT2D eigenvalue weighted by molar-refractivity contribution is 0.221. The van der Waals surface area contributed by atoms with Crippen molar-refractivity contribution in [3.05, 3.63) is 56.7 Å². The number of fused-ring (bicyclic) bond motifs is 1. The SMILES string of the molecule is CCCn1c(=O)oc2cc(C(O)c3ccsc3)ccc21. The van der Waals surface area contributed by atoms with Crippen molar-refractivity contribution in [3.63, 3.8) is 0 Å². The van der Waals surface area contributed by atoms with E-state index in [0.29, 0.717) is 12.1 Å². The molecule has 2 aromatic heterocycles. The number of aliphatic hydroxyl groups is 1. The Balaban J connectivity index is 2.06. The molecule has 0 aliphatic carbocycles. The highest BCUT2D eigenvalue weighted by atomic mass is 32.1. The van der Waals surface area contributed by atoms with E-state index in [1.807, 2.05) is 35.9 Å². The normalized spacial score (nSPS) is 12.9. The van der Waals surface area contributed by atoms with Gasteiger partial charge in [-0.15, -0.1) is 0 Å². The number of rotatable bonds is 4. The van der Waals surface area contributed by atoms with Crippen LogP contribution in [0.3, 0.4) is 0 Å². The molecule has 20 heavy (non-hydrogen) atoms. The third-order valence-corrected chi connectivity index (χ3v) is 4.02. The van der Waals surface area contributed by atoms with Crippen molar-refractivity contribution < 1.29 is 9.52 Å². The summed E-state index contributed by atoms with van der Waals surface area (Å²) in [6, 6.07) is 7.30. The van der Waals surface area contributed by atoms with E-state index >= 15 is 0 Å². The Morgan fingerprint density at radius 2 is 2.20 bits per heavy atom. The molecule has 0 bridgehead atoms. The van der Waals surface area contributed by atoms with Crippen LogP contribution >= 0.6 is 11.3 Å². The zero-order chi connectivity index (χ0) is 14.1. The summed E-state index contributed by atoms with van der Waals surface area (Å²) >= 11 is 1.54. The molecule has 0 aliphatic rings. The number of aryl methyl sites for hydroxylation is 1. The summed E-state index contributed by atoms with van der Waals surface area (Å²) in [7, 11) is 0. The molecule has 0 saturated heterocycles. The van der Waals surface area contributed by atoms with E-state index < -0.39 is 6.10 Å². The number of aromatic nitrogens is 1. The predicted molar refractivity (Wildman–Crippen MR) is 79.1 cm³/mol. The van der Waals surface area contributed by atoms with Crippen LogP contribution in [0.4, 0.5) is 0 Å². The first kappa shape index (κ1) is 13.1. The lowest BCUT2D eigenvalue weighted by atomic mass is 10.0. The number of aliphatic hydroxyl groups excluding tert-OH is 1. The van der Waals surface area contributed by atoms with Crippen LogP contribution in [-0.2, 0) is 6.54 Å². The number of hydrogen-bond acceptors (Lipinski definition) is 4. The van der Waals surface area contributed by atoms with Crippen LogP contribution in [0.1, 0.15) is 30.6 Å². The maximum Gasteiger partial charge on any atom is 0.419 e. The van der Waals surface area contributed by atoms with Crippen molar-refractivity contribution in [1.82, 2.24) is 4.57 Å². The minimum Gasteiger partial charge on any atom is -0.408 e. The van der Waals surface area contributed by atoms with Crippen LogP contribution in [0, 0.1) is 0 Å². The monoisotopic (exact) mass is 289 g/mol. The number of thiophene rings is 1. The van der Waals surface area contributed by atoms with Gasteiger partial charge in [0, 0.05) is 6.54 Å². The lowest BCUT2D eigenvalue weighted by Crippen LogP contribution is -2.13. The van der Waals surface area contributed by atoms with Crippen molar-refractivity contribution in [2.75, 3.05) is 0 Å². The second kappa shape index (κ2) is 5.26. The van der Waals surface area contributed by atoms with Gasteiger partial charge in [-0.25, -0.2) is 4.79 Å². The molecule has 3 aromatic rings. The minimum atomic E-state index is -0.689. The van der Waals surface area contributed by atoms with Crippen LogP contribution in [0.2, 0.25) is 0 Å². The Morgan fingerprint density at radius 3 is 2.90 bits per heavy atom. The molecule has 0 saturated carbocycles. The molecule has 104 valence electrons. The number of hydrogen-bond donors (Lipinski definition) is 1. The van der Waals surface area contributed by atoms with Gasteiger partial charge in [0.2, 0.25) is 0 Å². The summed E-state index contributed by atoms with van der Waals surface area (Å²) < 4.78 is 6.88. The molecular weight excluding hydrogens is 274 g/mol. The van der Waals surface area contributed by atoms with Crippen molar-refractivity contribution in [1.29, 1.82) is 0 Å². The molecule has 1 N–H and O–H groups in total. The van der Waals surface area contributed by atoms with E-state index in [4.69, 9.17) is 4.42 Å². The molecule has 1 unspecified atom stereocenters. The molecule has 0 spiro atoms. The largest absolute Gasteiger partial charge is 0.419 e. The van der Waals surface area contributed by atoms with E-state index in [0.717, 1.165) is 23.1 Å². The summed E-state index contributed by atoms with van der Waals surface area (Å²) in [5.41, 5.74) is 2.88. The summed E-state index contributed by atoms with van der Waals surface area (Å²) in [6.45, 7) is 2.65. The molecule has 0 amide bonds. The highest BCUT2D eigenvalue weighted by molar-refractivity contribution is 7.07. The van der Waals surface area contributed by atoms with Crippen LogP contribution in [-0.4, -0.2) is 9.67 Å². The Labute approximate surface area is 119 Å². The summed E-state index contributed by atoms with van der Waals surface area (Å²) in [5, 5.41) is 14.1. The third kappa shape index (κ3) is 2.19. The van der Waals surface area contributed by atoms with Crippen molar-refractivity contribution >= 4 is 22.4 Å². The second-order valence-corrected chi connectivity index (χ2v) is 5.49. The maximum absolute atomic E-state index is 11.8. The molecule has 5 heteroatoms. The van der Waals surface area contributed by atoms with E-state index in [1.165, 1.54) is 0 Å². The summed E-state index contributed by atoms with van der Waals surface area (Å²) in [4.78, 5) is 11.8. The molecule has 2 heterocycles. The Morgan fingerprint density at radius 1 is 1.35 bits per heavy atom. The first-order valence-electron chi connectivity index (χ1n) is 6.54. The molecule has 3 rings (SSSR count). The quantitative estimate of drug-likeness (QED) is 0.802. The van der Waals surface area contributed by atoms with Gasteiger partial charge in [-0.05, 0) is 46.5 Å². The van der Waals surface area contributed by atoms with E-state index in [1.54, 1.807) is 22.0 Å². The molecule has 1 atom stereocenters. The first-order chi connectivity index (χ1) is 9.70. The molecule has 0 aliphatic heterocycles. The van der Waals surface area contributed by atoms with Crippen molar-refractivity contribution in [2.45, 2.75) is 26.0 Å².